The third kappa shape index (κ3) is 3.85. The molecule has 106 valence electrons. The van der Waals surface area contributed by atoms with Gasteiger partial charge in [-0.3, -0.25) is 0 Å². The fourth-order valence-corrected chi connectivity index (χ4v) is 2.40. The fourth-order valence-electron chi connectivity index (χ4n) is 2.40. The molecule has 1 aromatic heterocycles. The van der Waals surface area contributed by atoms with Crippen LogP contribution in [-0.4, -0.2) is 11.0 Å². The van der Waals surface area contributed by atoms with Crippen molar-refractivity contribution in [3.8, 4) is 0 Å². The summed E-state index contributed by atoms with van der Waals surface area (Å²) in [4.78, 5) is 3.84. The Bertz CT molecular complexity index is 413. The Labute approximate surface area is 111 Å². The number of rotatable bonds is 2. The highest BCUT2D eigenvalue weighted by molar-refractivity contribution is 5.37. The number of alkyl halides is 3. The summed E-state index contributed by atoms with van der Waals surface area (Å²) in [7, 11) is 0. The summed E-state index contributed by atoms with van der Waals surface area (Å²) in [5.74, 6) is 0.526. The van der Waals surface area contributed by atoms with Crippen LogP contribution in [0.5, 0.6) is 0 Å². The number of hydrogen-bond acceptors (Lipinski definition) is 2. The number of aromatic nitrogens is 1. The smallest absolute Gasteiger partial charge is 0.367 e. The second-order valence-electron chi connectivity index (χ2n) is 6.01. The third-order valence-corrected chi connectivity index (χ3v) is 3.78. The van der Waals surface area contributed by atoms with E-state index in [2.05, 4.69) is 24.1 Å². The third-order valence-electron chi connectivity index (χ3n) is 3.78. The molecular weight excluding hydrogens is 253 g/mol. The van der Waals surface area contributed by atoms with Crippen LogP contribution in [0.3, 0.4) is 0 Å². The number of anilines is 1. The highest BCUT2D eigenvalue weighted by atomic mass is 19.4. The van der Waals surface area contributed by atoms with Crippen molar-refractivity contribution in [3.63, 3.8) is 0 Å². The van der Waals surface area contributed by atoms with Crippen molar-refractivity contribution in [1.29, 1.82) is 0 Å². The van der Waals surface area contributed by atoms with E-state index in [0.29, 0.717) is 17.3 Å². The van der Waals surface area contributed by atoms with Gasteiger partial charge < -0.3 is 5.32 Å². The summed E-state index contributed by atoms with van der Waals surface area (Å²) in [5.41, 5.74) is -0.325. The van der Waals surface area contributed by atoms with Gasteiger partial charge in [-0.15, -0.1) is 0 Å². The molecule has 1 aliphatic carbocycles. The van der Waals surface area contributed by atoms with Gasteiger partial charge in [-0.1, -0.05) is 13.8 Å². The van der Waals surface area contributed by atoms with E-state index in [1.54, 1.807) is 0 Å². The molecule has 19 heavy (non-hydrogen) atoms. The van der Waals surface area contributed by atoms with Crippen molar-refractivity contribution >= 4 is 5.82 Å². The van der Waals surface area contributed by atoms with E-state index in [1.807, 2.05) is 0 Å². The number of pyridine rings is 1. The molecule has 1 saturated carbocycles. The van der Waals surface area contributed by atoms with Crippen LogP contribution in [0.15, 0.2) is 18.3 Å². The highest BCUT2D eigenvalue weighted by Crippen LogP contribution is 2.36. The maximum atomic E-state index is 12.4. The Morgan fingerprint density at radius 2 is 1.84 bits per heavy atom. The van der Waals surface area contributed by atoms with Gasteiger partial charge in [0, 0.05) is 12.2 Å². The van der Waals surface area contributed by atoms with E-state index in [0.717, 1.165) is 37.9 Å². The lowest BCUT2D eigenvalue weighted by Gasteiger charge is -2.34. The zero-order chi connectivity index (χ0) is 14.1. The summed E-state index contributed by atoms with van der Waals surface area (Å²) in [5, 5.41) is 3.22. The van der Waals surface area contributed by atoms with Crippen molar-refractivity contribution in [3.05, 3.63) is 23.9 Å². The molecule has 1 heterocycles. The summed E-state index contributed by atoms with van der Waals surface area (Å²) < 4.78 is 37.2. The number of nitrogens with zero attached hydrogens (tertiary/aromatic N) is 1. The SMILES string of the molecule is CC1(C)CCC(Nc2ccc(C(F)(F)F)cn2)CC1. The van der Waals surface area contributed by atoms with Crippen LogP contribution < -0.4 is 5.32 Å². The topological polar surface area (TPSA) is 24.9 Å². The van der Waals surface area contributed by atoms with E-state index in [1.165, 1.54) is 6.07 Å². The predicted molar refractivity (Wildman–Crippen MR) is 68.9 cm³/mol. The second-order valence-corrected chi connectivity index (χ2v) is 6.01. The van der Waals surface area contributed by atoms with E-state index in [9.17, 15) is 13.2 Å². The average molecular weight is 272 g/mol. The van der Waals surface area contributed by atoms with Crippen LogP contribution in [0.25, 0.3) is 0 Å². The average Bonchev–Trinajstić information content (AvgIpc) is 2.31. The molecule has 5 heteroatoms. The minimum absolute atomic E-state index is 0.317. The van der Waals surface area contributed by atoms with Crippen LogP contribution in [0.2, 0.25) is 0 Å². The van der Waals surface area contributed by atoms with Crippen molar-refractivity contribution < 1.29 is 13.2 Å². The van der Waals surface area contributed by atoms with Crippen molar-refractivity contribution in [2.24, 2.45) is 5.41 Å². The number of halogens is 3. The zero-order valence-electron chi connectivity index (χ0n) is 11.2. The molecule has 2 rings (SSSR count). The molecule has 0 aromatic carbocycles. The molecule has 1 N–H and O–H groups in total. The van der Waals surface area contributed by atoms with E-state index in [4.69, 9.17) is 0 Å². The first-order chi connectivity index (χ1) is 8.76. The van der Waals surface area contributed by atoms with Gasteiger partial charge in [-0.2, -0.15) is 13.2 Å². The molecule has 1 aromatic rings. The Kier molecular flexibility index (Phi) is 3.74. The zero-order valence-corrected chi connectivity index (χ0v) is 11.2. The van der Waals surface area contributed by atoms with Crippen LogP contribution in [-0.2, 0) is 6.18 Å². The van der Waals surface area contributed by atoms with Gasteiger partial charge in [0.15, 0.2) is 0 Å². The fraction of sp³-hybridized carbons (Fsp3) is 0.643. The molecule has 1 aliphatic rings. The lowest BCUT2D eigenvalue weighted by molar-refractivity contribution is -0.137. The summed E-state index contributed by atoms with van der Waals surface area (Å²) >= 11 is 0. The van der Waals surface area contributed by atoms with Crippen molar-refractivity contribution in [2.75, 3.05) is 5.32 Å². The van der Waals surface area contributed by atoms with Gasteiger partial charge in [0.2, 0.25) is 0 Å². The first-order valence-corrected chi connectivity index (χ1v) is 6.56. The lowest BCUT2D eigenvalue weighted by Crippen LogP contribution is -2.30. The molecular formula is C14H19F3N2. The van der Waals surface area contributed by atoms with Crippen LogP contribution in [0, 0.1) is 5.41 Å². The first kappa shape index (κ1) is 14.2. The summed E-state index contributed by atoms with van der Waals surface area (Å²) in [6, 6.07) is 2.79. The van der Waals surface area contributed by atoms with Crippen molar-refractivity contribution in [1.82, 2.24) is 4.98 Å². The quantitative estimate of drug-likeness (QED) is 0.858. The van der Waals surface area contributed by atoms with Crippen LogP contribution >= 0.6 is 0 Å². The molecule has 0 saturated heterocycles. The number of hydrogen-bond donors (Lipinski definition) is 1. The van der Waals surface area contributed by atoms with Gasteiger partial charge in [-0.25, -0.2) is 4.98 Å². The van der Waals surface area contributed by atoms with E-state index >= 15 is 0 Å². The Balaban J connectivity index is 1.94. The molecule has 0 spiro atoms. The normalized spacial score (nSPS) is 20.3. The van der Waals surface area contributed by atoms with Gasteiger partial charge in [0.05, 0.1) is 5.56 Å². The molecule has 0 radical (unpaired) electrons. The second kappa shape index (κ2) is 5.02. The number of nitrogens with one attached hydrogen (secondary N) is 1. The summed E-state index contributed by atoms with van der Waals surface area (Å²) in [6.45, 7) is 4.50. The minimum atomic E-state index is -4.32. The van der Waals surface area contributed by atoms with Gasteiger partial charge in [0.25, 0.3) is 0 Å². The van der Waals surface area contributed by atoms with Crippen molar-refractivity contribution in [2.45, 2.75) is 51.7 Å². The molecule has 2 nitrogen and oxygen atoms in total. The minimum Gasteiger partial charge on any atom is -0.367 e. The first-order valence-electron chi connectivity index (χ1n) is 6.56. The van der Waals surface area contributed by atoms with Gasteiger partial charge >= 0.3 is 6.18 Å². The molecule has 1 fully saturated rings. The molecule has 0 aliphatic heterocycles. The van der Waals surface area contributed by atoms with E-state index < -0.39 is 11.7 Å². The molecule has 0 atom stereocenters. The van der Waals surface area contributed by atoms with E-state index in [-0.39, 0.29) is 0 Å². The van der Waals surface area contributed by atoms with Gasteiger partial charge in [-0.05, 0) is 43.2 Å². The predicted octanol–water partition coefficient (Wildman–Crippen LogP) is 4.48. The van der Waals surface area contributed by atoms with Gasteiger partial charge in [0.1, 0.15) is 5.82 Å². The molecule has 0 amide bonds. The maximum Gasteiger partial charge on any atom is 0.417 e. The van der Waals surface area contributed by atoms with Crippen LogP contribution in [0.1, 0.15) is 45.1 Å². The highest BCUT2D eigenvalue weighted by Gasteiger charge is 2.31. The Morgan fingerprint density at radius 1 is 1.21 bits per heavy atom. The lowest BCUT2D eigenvalue weighted by atomic mass is 9.75. The standard InChI is InChI=1S/C14H19F3N2/c1-13(2)7-5-11(6-8-13)19-12-4-3-10(9-18-12)14(15,16)17/h3-4,9,11H,5-8H2,1-2H3,(H,18,19). The summed E-state index contributed by atoms with van der Waals surface area (Å²) in [6.07, 6.45) is 0.900. The monoisotopic (exact) mass is 272 g/mol. The molecule has 0 unspecified atom stereocenters. The largest absolute Gasteiger partial charge is 0.417 e. The Morgan fingerprint density at radius 3 is 2.32 bits per heavy atom. The van der Waals surface area contributed by atoms with Crippen LogP contribution in [0.4, 0.5) is 19.0 Å². The maximum absolute atomic E-state index is 12.4. The molecule has 0 bridgehead atoms. The Hall–Kier alpha value is -1.26.